The summed E-state index contributed by atoms with van der Waals surface area (Å²) in [6, 6.07) is 5.02. The van der Waals surface area contributed by atoms with Gasteiger partial charge in [-0.1, -0.05) is 64.8 Å². The summed E-state index contributed by atoms with van der Waals surface area (Å²) >= 11 is 0. The van der Waals surface area contributed by atoms with Crippen molar-refractivity contribution >= 4 is 19.5 Å². The Hall–Kier alpha value is -1.34. The fraction of sp³-hybridized carbons (Fsp3) is 0.600. The second-order valence-corrected chi connectivity index (χ2v) is 12.5. The van der Waals surface area contributed by atoms with Gasteiger partial charge in [-0.25, -0.2) is 5.19 Å². The molecule has 0 unspecified atom stereocenters. The van der Waals surface area contributed by atoms with Gasteiger partial charge in [0.05, 0.1) is 18.1 Å². The number of allylic oxidation sites excluding steroid dienone is 4. The van der Waals surface area contributed by atoms with E-state index in [0.29, 0.717) is 35.5 Å². The van der Waals surface area contributed by atoms with E-state index in [1.54, 1.807) is 32.6 Å². The molecule has 1 heteroatoms. The standard InChI is InChI=1S/C30H46Si/c1-17(2)23-13-25(19(5)6)29(26(14-23)20(7)8)31-30-27(21(9)10)15-24(18(3)4)16-28(30)22(11)12/h13-22H,1-12H3. The van der Waals surface area contributed by atoms with Gasteiger partial charge in [0.1, 0.15) is 0 Å². The zero-order valence-electron chi connectivity index (χ0n) is 22.3. The maximum atomic E-state index is 2.51. The number of rotatable bonds is 7. The molecule has 1 aromatic carbocycles. The first-order valence-corrected chi connectivity index (χ1v) is 13.5. The summed E-state index contributed by atoms with van der Waals surface area (Å²) in [6.45, 7) is 28.2. The summed E-state index contributed by atoms with van der Waals surface area (Å²) in [6.07, 6.45) is 5.02. The van der Waals surface area contributed by atoms with Crippen LogP contribution >= 0.6 is 0 Å². The van der Waals surface area contributed by atoms with E-state index in [4.69, 9.17) is 0 Å². The van der Waals surface area contributed by atoms with Crippen molar-refractivity contribution in [1.29, 1.82) is 0 Å². The third-order valence-corrected chi connectivity index (χ3v) is 8.17. The second kappa shape index (κ2) is 10.5. The lowest BCUT2D eigenvalue weighted by molar-refractivity contribution is 0.701. The van der Waals surface area contributed by atoms with Gasteiger partial charge < -0.3 is 9.13 Å². The van der Waals surface area contributed by atoms with Gasteiger partial charge in [0.15, 0.2) is 0 Å². The van der Waals surface area contributed by atoms with E-state index in [0.717, 1.165) is 9.13 Å². The molecule has 0 nitrogen and oxygen atoms in total. The molecular formula is C30H46Si. The predicted molar refractivity (Wildman–Crippen MR) is 143 cm³/mol. The van der Waals surface area contributed by atoms with Gasteiger partial charge in [0, 0.05) is 28.9 Å². The summed E-state index contributed by atoms with van der Waals surface area (Å²) in [5.41, 5.74) is 7.73. The van der Waals surface area contributed by atoms with Crippen molar-refractivity contribution in [1.82, 2.24) is 0 Å². The first kappa shape index (κ1) is 25.9. The lowest BCUT2D eigenvalue weighted by atomic mass is 9.78. The van der Waals surface area contributed by atoms with Crippen LogP contribution in [0.15, 0.2) is 35.4 Å². The van der Waals surface area contributed by atoms with Crippen LogP contribution in [0.2, 0.25) is 0 Å². The third-order valence-electron chi connectivity index (χ3n) is 6.51. The maximum Gasteiger partial charge on any atom is 0.0550 e. The van der Waals surface area contributed by atoms with Crippen molar-refractivity contribution in [2.45, 2.75) is 101 Å². The van der Waals surface area contributed by atoms with Crippen molar-refractivity contribution in [2.75, 3.05) is 0 Å². The molecule has 0 spiro atoms. The van der Waals surface area contributed by atoms with Crippen LogP contribution in [0.4, 0.5) is 0 Å². The number of hydrogen-bond donors (Lipinski definition) is 0. The van der Waals surface area contributed by atoms with Crippen molar-refractivity contribution in [3.8, 4) is 0 Å². The summed E-state index contributed by atoms with van der Waals surface area (Å²) in [7, 11) is 0.723. The predicted octanol–water partition coefficient (Wildman–Crippen LogP) is 7.97. The molecule has 1 aliphatic rings. The third kappa shape index (κ3) is 5.92. The van der Waals surface area contributed by atoms with E-state index in [2.05, 4.69) is 107 Å². The normalized spacial score (nSPS) is 15.2. The highest BCUT2D eigenvalue weighted by Crippen LogP contribution is 2.33. The molecule has 31 heavy (non-hydrogen) atoms. The minimum Gasteiger partial charge on any atom is -0.359 e. The quantitative estimate of drug-likeness (QED) is 0.301. The Bertz CT molecular complexity index is 799. The first-order valence-electron chi connectivity index (χ1n) is 12.5. The first-order chi connectivity index (χ1) is 14.3. The fourth-order valence-electron chi connectivity index (χ4n) is 4.33. The molecule has 0 radical (unpaired) electrons. The molecule has 0 atom stereocenters. The zero-order chi connectivity index (χ0) is 23.6. The highest BCUT2D eigenvalue weighted by Gasteiger charge is 2.28. The molecule has 0 bridgehead atoms. The lowest BCUT2D eigenvalue weighted by Gasteiger charge is -2.32. The van der Waals surface area contributed by atoms with Crippen molar-refractivity contribution < 1.29 is 0 Å². The number of benzene rings is 1. The molecule has 0 N–H and O–H groups in total. The van der Waals surface area contributed by atoms with Gasteiger partial charge in [0.2, 0.25) is 0 Å². The van der Waals surface area contributed by atoms with Crippen LogP contribution in [0, 0.1) is 23.7 Å². The Labute approximate surface area is 196 Å². The van der Waals surface area contributed by atoms with Gasteiger partial charge in [-0.2, -0.15) is 0 Å². The smallest absolute Gasteiger partial charge is 0.0550 e. The molecule has 0 fully saturated rings. The average Bonchev–Trinajstić information content (AvgIpc) is 2.66. The highest BCUT2D eigenvalue weighted by molar-refractivity contribution is 6.72. The maximum absolute atomic E-state index is 2.51. The number of hydrogen-bond acceptors (Lipinski definition) is 0. The van der Waals surface area contributed by atoms with Gasteiger partial charge in [-0.15, -0.1) is 5.17 Å². The molecule has 0 saturated heterocycles. The van der Waals surface area contributed by atoms with Crippen LogP contribution in [0.5, 0.6) is 0 Å². The molecule has 0 saturated carbocycles. The van der Waals surface area contributed by atoms with E-state index in [1.807, 2.05) is 0 Å². The van der Waals surface area contributed by atoms with Crippen LogP contribution in [0.3, 0.4) is 0 Å². The minimum absolute atomic E-state index is 0.540. The van der Waals surface area contributed by atoms with Gasteiger partial charge >= 0.3 is 0 Å². The molecule has 1 aliphatic carbocycles. The van der Waals surface area contributed by atoms with E-state index >= 15 is 0 Å². The molecule has 2 rings (SSSR count). The van der Waals surface area contributed by atoms with Crippen LogP contribution < -0.4 is 5.19 Å². The molecule has 170 valence electrons. The lowest BCUT2D eigenvalue weighted by Crippen LogP contribution is -2.32. The Morgan fingerprint density at radius 3 is 1.29 bits per heavy atom. The zero-order valence-corrected chi connectivity index (χ0v) is 23.3. The van der Waals surface area contributed by atoms with Crippen LogP contribution in [-0.2, 0) is 0 Å². The molecule has 0 amide bonds. The van der Waals surface area contributed by atoms with Crippen molar-refractivity contribution in [3.05, 3.63) is 58.0 Å². The van der Waals surface area contributed by atoms with Gasteiger partial charge in [-0.3, -0.25) is 0 Å². The van der Waals surface area contributed by atoms with Crippen molar-refractivity contribution in [3.63, 3.8) is 0 Å². The molecular weight excluding hydrogens is 388 g/mol. The molecule has 0 aromatic heterocycles. The van der Waals surface area contributed by atoms with Gasteiger partial charge in [0.25, 0.3) is 0 Å². The van der Waals surface area contributed by atoms with E-state index in [-0.39, 0.29) is 0 Å². The molecule has 1 aromatic rings. The summed E-state index contributed by atoms with van der Waals surface area (Å²) in [5, 5.41) is 3.21. The van der Waals surface area contributed by atoms with E-state index in [9.17, 15) is 0 Å². The Kier molecular flexibility index (Phi) is 8.79. The van der Waals surface area contributed by atoms with Crippen LogP contribution in [-0.4, -0.2) is 14.3 Å². The summed E-state index contributed by atoms with van der Waals surface area (Å²) in [4.78, 5) is 0. The van der Waals surface area contributed by atoms with Crippen molar-refractivity contribution in [2.24, 2.45) is 17.8 Å². The Morgan fingerprint density at radius 2 is 1.00 bits per heavy atom. The highest BCUT2D eigenvalue weighted by atomic mass is 28.2. The van der Waals surface area contributed by atoms with Crippen LogP contribution in [0.1, 0.15) is 118 Å². The van der Waals surface area contributed by atoms with E-state index in [1.165, 1.54) is 11.5 Å². The summed E-state index contributed by atoms with van der Waals surface area (Å²) < 4.78 is 0. The van der Waals surface area contributed by atoms with Crippen LogP contribution in [0.25, 0.3) is 0 Å². The Morgan fingerprint density at radius 1 is 0.581 bits per heavy atom. The topological polar surface area (TPSA) is 0 Å². The van der Waals surface area contributed by atoms with Gasteiger partial charge in [-0.05, 0) is 64.9 Å². The minimum atomic E-state index is 0.540. The summed E-state index contributed by atoms with van der Waals surface area (Å²) in [5.74, 6) is 4.78. The second-order valence-electron chi connectivity index (χ2n) is 11.2. The molecule has 0 heterocycles. The SMILES string of the molecule is CC(C)C1=C[C+](C(C)C)C=C(C(C)C)C1=[Si-]c1c(C(C)C)cc(C(C)C)cc1C(C)C. The Balaban J connectivity index is 2.86. The van der Waals surface area contributed by atoms with E-state index < -0.39 is 0 Å². The average molecular weight is 435 g/mol. The fourth-order valence-corrected chi connectivity index (χ4v) is 6.60. The molecule has 0 aliphatic heterocycles. The monoisotopic (exact) mass is 434 g/mol. The largest absolute Gasteiger partial charge is 0.359 e.